The highest BCUT2D eigenvalue weighted by molar-refractivity contribution is 5.98. The number of nitrogens with two attached hydrogens (primary N) is 1. The van der Waals surface area contributed by atoms with Gasteiger partial charge in [-0.05, 0) is 60.8 Å². The number of pyridine rings is 1. The lowest BCUT2D eigenvalue weighted by molar-refractivity contribution is 0.100. The standard InChI is InChI=1S/C28H34F2N6O/c1-19(2)18-35-8-3-9-36(11-10-35)24-6-4-23(5-7-24)34-27-15-26(25(17-33-27)28(31)37)32-16-20-12-21(29)14-22(30)13-20/h4-7,12-15,17,19H,3,8-11,16,18H2,1-2H3,(H2,31,37)(H2,32,33,34). The first-order valence-electron chi connectivity index (χ1n) is 12.6. The molecule has 0 aliphatic carbocycles. The first-order valence-corrected chi connectivity index (χ1v) is 12.6. The van der Waals surface area contributed by atoms with E-state index in [1.807, 2.05) is 12.1 Å². The average molecular weight is 509 g/mol. The molecule has 1 amide bonds. The molecule has 0 spiro atoms. The molecule has 9 heteroatoms. The van der Waals surface area contributed by atoms with E-state index in [9.17, 15) is 13.6 Å². The van der Waals surface area contributed by atoms with Crippen LogP contribution >= 0.6 is 0 Å². The Bertz CT molecular complexity index is 1200. The highest BCUT2D eigenvalue weighted by Crippen LogP contribution is 2.25. The molecule has 37 heavy (non-hydrogen) atoms. The molecule has 2 aromatic carbocycles. The summed E-state index contributed by atoms with van der Waals surface area (Å²) in [5, 5.41) is 6.29. The third kappa shape index (κ3) is 7.39. The minimum absolute atomic E-state index is 0.109. The summed E-state index contributed by atoms with van der Waals surface area (Å²) in [5.74, 6) is -0.811. The minimum atomic E-state index is -0.666. The molecule has 2 heterocycles. The molecule has 0 unspecified atom stereocenters. The maximum Gasteiger partial charge on any atom is 0.252 e. The highest BCUT2D eigenvalue weighted by Gasteiger charge is 2.16. The van der Waals surface area contributed by atoms with Crippen LogP contribution < -0.4 is 21.3 Å². The molecule has 3 aromatic rings. The lowest BCUT2D eigenvalue weighted by atomic mass is 10.1. The largest absolute Gasteiger partial charge is 0.380 e. The van der Waals surface area contributed by atoms with Crippen molar-refractivity contribution in [1.29, 1.82) is 0 Å². The van der Waals surface area contributed by atoms with E-state index in [4.69, 9.17) is 5.73 Å². The summed E-state index contributed by atoms with van der Waals surface area (Å²) in [6.07, 6.45) is 2.52. The number of hydrogen-bond donors (Lipinski definition) is 3. The van der Waals surface area contributed by atoms with Crippen molar-refractivity contribution in [3.05, 3.63) is 77.5 Å². The van der Waals surface area contributed by atoms with Gasteiger partial charge >= 0.3 is 0 Å². The second-order valence-electron chi connectivity index (χ2n) is 9.82. The summed E-state index contributed by atoms with van der Waals surface area (Å²) in [4.78, 5) is 21.2. The maximum atomic E-state index is 13.5. The second kappa shape index (κ2) is 12.0. The fourth-order valence-corrected chi connectivity index (χ4v) is 4.61. The summed E-state index contributed by atoms with van der Waals surface area (Å²) in [7, 11) is 0. The van der Waals surface area contributed by atoms with Crippen molar-refractivity contribution in [2.75, 3.05) is 48.3 Å². The first kappa shape index (κ1) is 26.3. The molecule has 1 aliphatic heterocycles. The van der Waals surface area contributed by atoms with Crippen LogP contribution in [0.25, 0.3) is 0 Å². The molecule has 0 atom stereocenters. The van der Waals surface area contributed by atoms with E-state index in [0.717, 1.165) is 50.9 Å². The molecule has 1 aromatic heterocycles. The summed E-state index contributed by atoms with van der Waals surface area (Å²) >= 11 is 0. The molecule has 0 saturated carbocycles. The number of amides is 1. The third-order valence-corrected chi connectivity index (χ3v) is 6.29. The molecule has 4 rings (SSSR count). The smallest absolute Gasteiger partial charge is 0.252 e. The van der Waals surface area contributed by atoms with Crippen LogP contribution in [0.4, 0.5) is 31.7 Å². The molecular weight excluding hydrogens is 474 g/mol. The van der Waals surface area contributed by atoms with Crippen molar-refractivity contribution in [2.24, 2.45) is 11.7 Å². The van der Waals surface area contributed by atoms with Crippen LogP contribution in [0, 0.1) is 17.6 Å². The zero-order chi connectivity index (χ0) is 26.4. The van der Waals surface area contributed by atoms with Gasteiger partial charge in [-0.3, -0.25) is 4.79 Å². The number of nitrogens with one attached hydrogen (secondary N) is 2. The number of carbonyl (C=O) groups excluding carboxylic acids is 1. The minimum Gasteiger partial charge on any atom is -0.380 e. The number of halogens is 2. The van der Waals surface area contributed by atoms with Gasteiger partial charge in [-0.2, -0.15) is 0 Å². The fourth-order valence-electron chi connectivity index (χ4n) is 4.61. The number of benzene rings is 2. The Morgan fingerprint density at radius 1 is 1.03 bits per heavy atom. The number of hydrogen-bond acceptors (Lipinski definition) is 6. The quantitative estimate of drug-likeness (QED) is 0.378. The Balaban J connectivity index is 1.42. The second-order valence-corrected chi connectivity index (χ2v) is 9.82. The number of carbonyl (C=O) groups is 1. The molecule has 196 valence electrons. The average Bonchev–Trinajstić information content (AvgIpc) is 3.08. The molecule has 0 bridgehead atoms. The highest BCUT2D eigenvalue weighted by atomic mass is 19.1. The molecule has 1 aliphatic rings. The van der Waals surface area contributed by atoms with E-state index in [1.165, 1.54) is 24.0 Å². The Kier molecular flexibility index (Phi) is 8.55. The van der Waals surface area contributed by atoms with E-state index in [2.05, 4.69) is 51.4 Å². The number of anilines is 4. The predicted octanol–water partition coefficient (Wildman–Crippen LogP) is 4.98. The van der Waals surface area contributed by atoms with Crippen molar-refractivity contribution < 1.29 is 13.6 Å². The van der Waals surface area contributed by atoms with Gasteiger partial charge in [0.2, 0.25) is 0 Å². The molecule has 0 radical (unpaired) electrons. The van der Waals surface area contributed by atoms with Gasteiger partial charge in [0.1, 0.15) is 17.5 Å². The van der Waals surface area contributed by atoms with Crippen molar-refractivity contribution in [1.82, 2.24) is 9.88 Å². The predicted molar refractivity (Wildman–Crippen MR) is 144 cm³/mol. The lowest BCUT2D eigenvalue weighted by Crippen LogP contribution is -2.32. The summed E-state index contributed by atoms with van der Waals surface area (Å²) in [5.41, 5.74) is 8.53. The number of primary amides is 1. The van der Waals surface area contributed by atoms with E-state index in [0.29, 0.717) is 23.0 Å². The lowest BCUT2D eigenvalue weighted by Gasteiger charge is -2.24. The summed E-state index contributed by atoms with van der Waals surface area (Å²) in [6.45, 7) is 9.98. The van der Waals surface area contributed by atoms with Crippen LogP contribution in [-0.2, 0) is 6.54 Å². The monoisotopic (exact) mass is 508 g/mol. The maximum absolute atomic E-state index is 13.5. The number of nitrogens with zero attached hydrogens (tertiary/aromatic N) is 3. The van der Waals surface area contributed by atoms with Gasteiger partial charge in [-0.25, -0.2) is 13.8 Å². The van der Waals surface area contributed by atoms with Crippen molar-refractivity contribution >= 4 is 28.8 Å². The SMILES string of the molecule is CC(C)CN1CCCN(c2ccc(Nc3cc(NCc4cc(F)cc(F)c4)c(C(N)=O)cn3)cc2)CC1. The van der Waals surface area contributed by atoms with E-state index >= 15 is 0 Å². The van der Waals surface area contributed by atoms with Gasteiger partial charge < -0.3 is 26.2 Å². The third-order valence-electron chi connectivity index (χ3n) is 6.29. The number of rotatable bonds is 9. The number of aromatic nitrogens is 1. The fraction of sp³-hybridized carbons (Fsp3) is 0.357. The van der Waals surface area contributed by atoms with Gasteiger partial charge in [0.25, 0.3) is 5.91 Å². The molecule has 1 fully saturated rings. The topological polar surface area (TPSA) is 86.5 Å². The van der Waals surface area contributed by atoms with Gasteiger partial charge in [0, 0.05) is 62.4 Å². The van der Waals surface area contributed by atoms with E-state index in [1.54, 1.807) is 6.07 Å². The first-order chi connectivity index (χ1) is 17.8. The van der Waals surface area contributed by atoms with Gasteiger partial charge in [-0.15, -0.1) is 0 Å². The van der Waals surface area contributed by atoms with Crippen LogP contribution in [0.5, 0.6) is 0 Å². The van der Waals surface area contributed by atoms with Crippen LogP contribution in [0.1, 0.15) is 36.2 Å². The Morgan fingerprint density at radius 2 is 1.76 bits per heavy atom. The van der Waals surface area contributed by atoms with Crippen LogP contribution in [0.3, 0.4) is 0 Å². The normalized spacial score (nSPS) is 14.5. The summed E-state index contributed by atoms with van der Waals surface area (Å²) < 4.78 is 27.1. The molecule has 7 nitrogen and oxygen atoms in total. The van der Waals surface area contributed by atoms with Crippen LogP contribution in [0.2, 0.25) is 0 Å². The van der Waals surface area contributed by atoms with E-state index in [-0.39, 0.29) is 12.1 Å². The van der Waals surface area contributed by atoms with Gasteiger partial charge in [-0.1, -0.05) is 13.8 Å². The molecule has 1 saturated heterocycles. The van der Waals surface area contributed by atoms with Gasteiger partial charge in [0.15, 0.2) is 0 Å². The summed E-state index contributed by atoms with van der Waals surface area (Å²) in [6, 6.07) is 13.1. The van der Waals surface area contributed by atoms with E-state index < -0.39 is 17.5 Å². The Labute approximate surface area is 216 Å². The van der Waals surface area contributed by atoms with Crippen molar-refractivity contribution in [2.45, 2.75) is 26.8 Å². The van der Waals surface area contributed by atoms with Crippen LogP contribution in [0.15, 0.2) is 54.7 Å². The Hall–Kier alpha value is -3.72. The molecule has 4 N–H and O–H groups in total. The zero-order valence-corrected chi connectivity index (χ0v) is 21.3. The zero-order valence-electron chi connectivity index (χ0n) is 21.3. The molecular formula is C28H34F2N6O. The van der Waals surface area contributed by atoms with Crippen molar-refractivity contribution in [3.63, 3.8) is 0 Å². The van der Waals surface area contributed by atoms with Crippen LogP contribution in [-0.4, -0.2) is 48.5 Å². The van der Waals surface area contributed by atoms with Gasteiger partial charge in [0.05, 0.1) is 11.3 Å². The Morgan fingerprint density at radius 3 is 2.43 bits per heavy atom. The van der Waals surface area contributed by atoms with Crippen molar-refractivity contribution in [3.8, 4) is 0 Å².